The zero-order valence-electron chi connectivity index (χ0n) is 25.4. The molecular formula is C35H34N4O8. The maximum absolute atomic E-state index is 12.7. The number of aromatic amines is 1. The smallest absolute Gasteiger partial charge is 0.405 e. The Kier molecular flexibility index (Phi) is 10.4. The Morgan fingerprint density at radius 3 is 2.47 bits per heavy atom. The Morgan fingerprint density at radius 1 is 0.915 bits per heavy atom. The van der Waals surface area contributed by atoms with Crippen molar-refractivity contribution < 1.29 is 34.4 Å². The Bertz CT molecular complexity index is 1930. The van der Waals surface area contributed by atoms with Crippen LogP contribution in [0.5, 0.6) is 17.2 Å². The summed E-state index contributed by atoms with van der Waals surface area (Å²) in [6, 6.07) is 26.5. The quantitative estimate of drug-likeness (QED) is 0.0981. The lowest BCUT2D eigenvalue weighted by Gasteiger charge is -2.19. The number of phenols is 1. The van der Waals surface area contributed by atoms with Gasteiger partial charge in [-0.2, -0.15) is 0 Å². The number of nitrogens with one attached hydrogen (secondary N) is 4. The molecule has 0 aliphatic heterocycles. The third-order valence-corrected chi connectivity index (χ3v) is 7.45. The van der Waals surface area contributed by atoms with E-state index in [1.54, 1.807) is 54.6 Å². The number of carbonyl (C=O) groups excluding carboxylic acids is 1. The Balaban J connectivity index is 1.17. The lowest BCUT2D eigenvalue weighted by Crippen LogP contribution is -2.27. The van der Waals surface area contributed by atoms with E-state index in [2.05, 4.69) is 20.9 Å². The molecule has 0 saturated carbocycles. The van der Waals surface area contributed by atoms with Crippen LogP contribution in [-0.2, 0) is 11.3 Å². The van der Waals surface area contributed by atoms with Crippen molar-refractivity contribution in [2.24, 2.45) is 0 Å². The van der Waals surface area contributed by atoms with Crippen LogP contribution in [0.1, 0.15) is 34.4 Å². The van der Waals surface area contributed by atoms with E-state index in [0.29, 0.717) is 40.2 Å². The van der Waals surface area contributed by atoms with Crippen molar-refractivity contribution in [2.75, 3.05) is 25.6 Å². The third kappa shape index (κ3) is 8.25. The summed E-state index contributed by atoms with van der Waals surface area (Å²) in [5.74, 6) is 0.434. The average Bonchev–Trinajstić information content (AvgIpc) is 3.07. The molecule has 1 aromatic heterocycles. The number of hydrogen-bond acceptors (Lipinski definition) is 8. The highest BCUT2D eigenvalue weighted by Crippen LogP contribution is 2.29. The molecule has 1 heterocycles. The van der Waals surface area contributed by atoms with Gasteiger partial charge in [0, 0.05) is 41.9 Å². The molecule has 0 unspecified atom stereocenters. The summed E-state index contributed by atoms with van der Waals surface area (Å²) < 4.78 is 11.2. The minimum absolute atomic E-state index is 0.0817. The Hall–Kier alpha value is -5.85. The Labute approximate surface area is 269 Å². The van der Waals surface area contributed by atoms with E-state index >= 15 is 0 Å². The van der Waals surface area contributed by atoms with Crippen LogP contribution >= 0.6 is 0 Å². The summed E-state index contributed by atoms with van der Waals surface area (Å²) in [7, 11) is 1.51. The van der Waals surface area contributed by atoms with Crippen LogP contribution in [0.4, 0.5) is 10.5 Å². The van der Waals surface area contributed by atoms with Gasteiger partial charge in [-0.25, -0.2) is 4.79 Å². The highest BCUT2D eigenvalue weighted by Gasteiger charge is 2.18. The van der Waals surface area contributed by atoms with E-state index in [0.717, 1.165) is 11.1 Å². The second-order valence-corrected chi connectivity index (χ2v) is 10.7. The number of carboxylic acid groups (broad SMARTS) is 1. The van der Waals surface area contributed by atoms with Gasteiger partial charge < -0.3 is 45.7 Å². The molecule has 0 spiro atoms. The number of rotatable bonds is 13. The first-order valence-electron chi connectivity index (χ1n) is 14.7. The molecule has 0 bridgehead atoms. The number of aliphatic hydroxyl groups is 1. The predicted octanol–water partition coefficient (Wildman–Crippen LogP) is 4.44. The number of aromatic hydroxyl groups is 1. The van der Waals surface area contributed by atoms with Crippen molar-refractivity contribution in [1.82, 2.24) is 15.6 Å². The summed E-state index contributed by atoms with van der Waals surface area (Å²) >= 11 is 0. The van der Waals surface area contributed by atoms with Gasteiger partial charge in [0.15, 0.2) is 6.61 Å². The normalized spacial score (nSPS) is 12.2. The van der Waals surface area contributed by atoms with Crippen molar-refractivity contribution in [1.29, 1.82) is 0 Å². The summed E-state index contributed by atoms with van der Waals surface area (Å²) in [4.78, 5) is 38.5. The standard InChI is InChI=1S/C35H34N4O8/c1-46-30-17-24(11-10-23(30)18-36-19-29(41)26-12-14-28(40)34-27(26)13-15-31(42)38-34)37-32(43)20-47-25-9-5-8-22(16-25)33(39-35(44)45)21-6-3-2-4-7-21/h2-17,29,33,36,39-41H,18-20H2,1H3,(H,37,43)(H,38,42)(H,44,45)/t29-,33-/m0/s1. The second-order valence-electron chi connectivity index (χ2n) is 10.7. The van der Waals surface area contributed by atoms with Gasteiger partial charge in [-0.1, -0.05) is 54.6 Å². The highest BCUT2D eigenvalue weighted by atomic mass is 16.5. The number of hydrogen-bond donors (Lipinski definition) is 7. The number of anilines is 1. The van der Waals surface area contributed by atoms with E-state index in [-0.39, 0.29) is 30.0 Å². The van der Waals surface area contributed by atoms with Gasteiger partial charge in [0.25, 0.3) is 5.91 Å². The van der Waals surface area contributed by atoms with Crippen molar-refractivity contribution in [2.45, 2.75) is 18.7 Å². The second kappa shape index (κ2) is 15.0. The summed E-state index contributed by atoms with van der Waals surface area (Å²) in [6.07, 6.45) is -2.09. The van der Waals surface area contributed by atoms with Crippen molar-refractivity contribution in [3.05, 3.63) is 130 Å². The molecule has 242 valence electrons. The van der Waals surface area contributed by atoms with Crippen LogP contribution in [0.15, 0.2) is 102 Å². The van der Waals surface area contributed by atoms with E-state index in [4.69, 9.17) is 9.47 Å². The molecule has 0 saturated heterocycles. The number of carbonyl (C=O) groups is 2. The first-order valence-corrected chi connectivity index (χ1v) is 14.7. The van der Waals surface area contributed by atoms with Crippen molar-refractivity contribution in [3.8, 4) is 17.2 Å². The van der Waals surface area contributed by atoms with Gasteiger partial charge in [-0.3, -0.25) is 9.59 Å². The summed E-state index contributed by atoms with van der Waals surface area (Å²) in [5.41, 5.74) is 3.15. The summed E-state index contributed by atoms with van der Waals surface area (Å²) in [5, 5.41) is 39.3. The molecule has 2 amide bonds. The molecule has 0 aliphatic rings. The van der Waals surface area contributed by atoms with Gasteiger partial charge in [-0.15, -0.1) is 0 Å². The first kappa shape index (κ1) is 32.5. The number of ether oxygens (including phenoxy) is 2. The minimum atomic E-state index is -1.17. The minimum Gasteiger partial charge on any atom is -0.506 e. The van der Waals surface area contributed by atoms with Crippen LogP contribution in [0.2, 0.25) is 0 Å². The number of fused-ring (bicyclic) bond motifs is 1. The zero-order valence-corrected chi connectivity index (χ0v) is 25.4. The summed E-state index contributed by atoms with van der Waals surface area (Å²) in [6.45, 7) is 0.244. The maximum Gasteiger partial charge on any atom is 0.405 e. The average molecular weight is 639 g/mol. The number of H-pyrrole nitrogens is 1. The topological polar surface area (TPSA) is 182 Å². The number of aliphatic hydroxyl groups excluding tert-OH is 1. The monoisotopic (exact) mass is 638 g/mol. The molecule has 7 N–H and O–H groups in total. The zero-order chi connectivity index (χ0) is 33.3. The van der Waals surface area contributed by atoms with Crippen LogP contribution < -0.4 is 31.0 Å². The lowest BCUT2D eigenvalue weighted by atomic mass is 9.99. The largest absolute Gasteiger partial charge is 0.506 e. The molecule has 0 fully saturated rings. The maximum atomic E-state index is 12.7. The molecule has 5 rings (SSSR count). The van der Waals surface area contributed by atoms with Crippen molar-refractivity contribution >= 4 is 28.6 Å². The first-order chi connectivity index (χ1) is 22.7. The highest BCUT2D eigenvalue weighted by molar-refractivity contribution is 5.92. The van der Waals surface area contributed by atoms with Gasteiger partial charge in [0.05, 0.1) is 24.8 Å². The number of methoxy groups -OCH3 is 1. The fourth-order valence-electron chi connectivity index (χ4n) is 5.23. The van der Waals surface area contributed by atoms with Crippen molar-refractivity contribution in [3.63, 3.8) is 0 Å². The lowest BCUT2D eigenvalue weighted by molar-refractivity contribution is -0.118. The Morgan fingerprint density at radius 2 is 1.70 bits per heavy atom. The molecule has 12 heteroatoms. The number of aromatic nitrogens is 1. The number of amides is 2. The van der Waals surface area contributed by atoms with Crippen LogP contribution in [0.25, 0.3) is 10.9 Å². The van der Waals surface area contributed by atoms with Gasteiger partial charge in [0.1, 0.15) is 17.2 Å². The molecule has 47 heavy (non-hydrogen) atoms. The van der Waals surface area contributed by atoms with Crippen LogP contribution in [0, 0.1) is 0 Å². The van der Waals surface area contributed by atoms with Crippen LogP contribution in [0.3, 0.4) is 0 Å². The van der Waals surface area contributed by atoms with E-state index in [1.165, 1.54) is 19.2 Å². The fraction of sp³-hybridized carbons (Fsp3) is 0.171. The van der Waals surface area contributed by atoms with E-state index in [9.17, 15) is 29.7 Å². The molecule has 12 nitrogen and oxygen atoms in total. The molecular weight excluding hydrogens is 604 g/mol. The molecule has 4 aromatic carbocycles. The third-order valence-electron chi connectivity index (χ3n) is 7.45. The molecule has 2 atom stereocenters. The van der Waals surface area contributed by atoms with Gasteiger partial charge >= 0.3 is 6.09 Å². The van der Waals surface area contributed by atoms with Gasteiger partial charge in [-0.05, 0) is 47.0 Å². The SMILES string of the molecule is COc1cc(NC(=O)COc2cccc([C@@H](NC(=O)O)c3ccccc3)c2)ccc1CNC[C@H](O)c1ccc(O)c2[nH]c(=O)ccc12. The van der Waals surface area contributed by atoms with Gasteiger partial charge in [0.2, 0.25) is 5.56 Å². The predicted molar refractivity (Wildman–Crippen MR) is 176 cm³/mol. The molecule has 0 radical (unpaired) electrons. The fourth-order valence-corrected chi connectivity index (χ4v) is 5.23. The number of benzene rings is 4. The number of phenolic OH excluding ortho intramolecular Hbond substituents is 1. The molecule has 5 aromatic rings. The molecule has 0 aliphatic carbocycles. The number of pyridine rings is 1. The van der Waals surface area contributed by atoms with E-state index in [1.807, 2.05) is 30.3 Å². The van der Waals surface area contributed by atoms with E-state index < -0.39 is 24.1 Å². The van der Waals surface area contributed by atoms with Crippen LogP contribution in [-0.4, -0.2) is 52.6 Å².